The van der Waals surface area contributed by atoms with Crippen LogP contribution < -0.4 is 5.32 Å². The molecule has 3 aromatic heterocycles. The third kappa shape index (κ3) is 4.93. The average molecular weight is 555 g/mol. The van der Waals surface area contributed by atoms with Gasteiger partial charge in [0.15, 0.2) is 17.0 Å². The first-order chi connectivity index (χ1) is 19.6. The average Bonchev–Trinajstić information content (AvgIpc) is 3.49. The van der Waals surface area contributed by atoms with Gasteiger partial charge in [0.25, 0.3) is 5.91 Å². The van der Waals surface area contributed by atoms with Crippen molar-refractivity contribution in [3.63, 3.8) is 0 Å². The molecule has 0 spiro atoms. The molecule has 3 aromatic carbocycles. The monoisotopic (exact) mass is 554 g/mol. The van der Waals surface area contributed by atoms with Gasteiger partial charge in [-0.1, -0.05) is 60.7 Å². The Hall–Kier alpha value is -4.99. The summed E-state index contributed by atoms with van der Waals surface area (Å²) in [6.07, 6.45) is -4.73. The van der Waals surface area contributed by atoms with Crippen molar-refractivity contribution in [1.82, 2.24) is 24.4 Å². The van der Waals surface area contributed by atoms with Crippen LogP contribution in [0.2, 0.25) is 0 Å². The molecule has 41 heavy (non-hydrogen) atoms. The number of aryl methyl sites for hydroxylation is 2. The zero-order valence-corrected chi connectivity index (χ0v) is 22.5. The maximum absolute atomic E-state index is 14.1. The molecule has 7 nitrogen and oxygen atoms in total. The fourth-order valence-electron chi connectivity index (χ4n) is 4.94. The van der Waals surface area contributed by atoms with Gasteiger partial charge in [0.2, 0.25) is 0 Å². The number of hydrogen-bond donors (Lipinski definition) is 1. The highest BCUT2D eigenvalue weighted by atomic mass is 19.4. The smallest absolute Gasteiger partial charge is 0.317 e. The molecule has 0 aliphatic rings. The zero-order valence-electron chi connectivity index (χ0n) is 22.5. The van der Waals surface area contributed by atoms with E-state index < -0.39 is 17.8 Å². The number of anilines is 1. The molecular weight excluding hydrogens is 529 g/mol. The lowest BCUT2D eigenvalue weighted by atomic mass is 10.0. The lowest BCUT2D eigenvalue weighted by Crippen LogP contribution is -2.16. The third-order valence-electron chi connectivity index (χ3n) is 7.20. The molecule has 3 heterocycles. The van der Waals surface area contributed by atoms with Gasteiger partial charge in [-0.05, 0) is 54.8 Å². The van der Waals surface area contributed by atoms with Gasteiger partial charge >= 0.3 is 6.18 Å². The number of aromatic nitrogens is 5. The summed E-state index contributed by atoms with van der Waals surface area (Å²) < 4.78 is 44.9. The van der Waals surface area contributed by atoms with Crippen LogP contribution in [-0.2, 0) is 12.7 Å². The molecule has 0 atom stereocenters. The van der Waals surface area contributed by atoms with Gasteiger partial charge in [-0.3, -0.25) is 9.48 Å². The molecule has 0 aliphatic carbocycles. The van der Waals surface area contributed by atoms with E-state index in [1.165, 1.54) is 6.07 Å². The summed E-state index contributed by atoms with van der Waals surface area (Å²) in [5.74, 6) is -0.655. The Morgan fingerprint density at radius 2 is 1.61 bits per heavy atom. The summed E-state index contributed by atoms with van der Waals surface area (Å²) in [6, 6.07) is 23.1. The topological polar surface area (TPSA) is 77.1 Å². The number of amides is 1. The van der Waals surface area contributed by atoms with Crippen LogP contribution in [0.4, 0.5) is 18.9 Å². The van der Waals surface area contributed by atoms with E-state index in [4.69, 9.17) is 0 Å². The van der Waals surface area contributed by atoms with Crippen molar-refractivity contribution in [1.29, 1.82) is 0 Å². The van der Waals surface area contributed by atoms with Crippen molar-refractivity contribution in [2.45, 2.75) is 33.5 Å². The van der Waals surface area contributed by atoms with Crippen molar-refractivity contribution in [3.8, 4) is 11.3 Å². The Labute approximate surface area is 233 Å². The molecule has 1 amide bonds. The van der Waals surface area contributed by atoms with Gasteiger partial charge in [-0.15, -0.1) is 0 Å². The number of hydrogen-bond acceptors (Lipinski definition) is 4. The quantitative estimate of drug-likeness (QED) is 0.249. The van der Waals surface area contributed by atoms with E-state index >= 15 is 0 Å². The SMILES string of the molecule is Cc1ccccc1Cn1nc(C)c(NC(=O)c2cc3nc(-c4ccc5ccccc5c4)cc(C(F)(F)F)n3n2)c1C. The molecule has 0 saturated carbocycles. The maximum Gasteiger partial charge on any atom is 0.433 e. The van der Waals surface area contributed by atoms with Gasteiger partial charge in [0, 0.05) is 11.6 Å². The van der Waals surface area contributed by atoms with Crippen LogP contribution in [0, 0.1) is 20.8 Å². The summed E-state index contributed by atoms with van der Waals surface area (Å²) in [4.78, 5) is 17.7. The number of benzene rings is 3. The Balaban J connectivity index is 1.35. The second-order valence-electron chi connectivity index (χ2n) is 9.97. The predicted molar refractivity (Wildman–Crippen MR) is 151 cm³/mol. The highest BCUT2D eigenvalue weighted by Gasteiger charge is 2.36. The zero-order chi connectivity index (χ0) is 28.9. The first-order valence-corrected chi connectivity index (χ1v) is 13.0. The fraction of sp³-hybridized carbons (Fsp3) is 0.161. The van der Waals surface area contributed by atoms with Crippen LogP contribution in [0.3, 0.4) is 0 Å². The number of halogens is 3. The summed E-state index contributed by atoms with van der Waals surface area (Å²) in [5, 5.41) is 13.2. The van der Waals surface area contributed by atoms with E-state index in [2.05, 4.69) is 20.5 Å². The van der Waals surface area contributed by atoms with Gasteiger partial charge in [-0.2, -0.15) is 23.4 Å². The highest BCUT2D eigenvalue weighted by Crippen LogP contribution is 2.33. The highest BCUT2D eigenvalue weighted by molar-refractivity contribution is 6.04. The number of nitrogens with one attached hydrogen (secondary N) is 1. The summed E-state index contributed by atoms with van der Waals surface area (Å²) in [6.45, 7) is 6.12. The molecule has 0 unspecified atom stereocenters. The minimum Gasteiger partial charge on any atom is -0.317 e. The third-order valence-corrected chi connectivity index (χ3v) is 7.20. The van der Waals surface area contributed by atoms with Gasteiger partial charge in [0.05, 0.1) is 29.3 Å². The van der Waals surface area contributed by atoms with E-state index in [1.54, 1.807) is 23.7 Å². The largest absolute Gasteiger partial charge is 0.433 e. The Morgan fingerprint density at radius 1 is 0.878 bits per heavy atom. The number of rotatable bonds is 5. The molecule has 0 aliphatic heterocycles. The molecule has 1 N–H and O–H groups in total. The Kier molecular flexibility index (Phi) is 6.33. The summed E-state index contributed by atoms with van der Waals surface area (Å²) in [5.41, 5.74) is 3.35. The number of fused-ring (bicyclic) bond motifs is 2. The number of carbonyl (C=O) groups excluding carboxylic acids is 1. The van der Waals surface area contributed by atoms with E-state index in [1.807, 2.05) is 68.4 Å². The first kappa shape index (κ1) is 26.2. The predicted octanol–water partition coefficient (Wildman–Crippen LogP) is 6.99. The summed E-state index contributed by atoms with van der Waals surface area (Å²) >= 11 is 0. The number of carbonyl (C=O) groups is 1. The normalized spacial score (nSPS) is 11.9. The molecule has 0 bridgehead atoms. The van der Waals surface area contributed by atoms with Crippen LogP contribution in [0.5, 0.6) is 0 Å². The Morgan fingerprint density at radius 3 is 2.37 bits per heavy atom. The standard InChI is InChI=1S/C31H25F3N6O/c1-18-8-4-5-11-24(18)17-39-20(3)29(19(2)37-39)36-30(41)26-16-28-35-25(15-27(31(32,33)34)40(28)38-26)23-13-12-21-9-6-7-10-22(21)14-23/h4-16H,17H2,1-3H3,(H,36,41). The molecular formula is C31H25F3N6O. The lowest BCUT2D eigenvalue weighted by molar-refractivity contribution is -0.142. The number of nitrogens with zero attached hydrogens (tertiary/aromatic N) is 5. The lowest BCUT2D eigenvalue weighted by Gasteiger charge is -2.11. The molecule has 6 aromatic rings. The van der Waals surface area contributed by atoms with Crippen molar-refractivity contribution >= 4 is 28.0 Å². The van der Waals surface area contributed by atoms with Crippen molar-refractivity contribution in [3.05, 3.63) is 113 Å². The molecule has 206 valence electrons. The van der Waals surface area contributed by atoms with Gasteiger partial charge < -0.3 is 5.32 Å². The minimum atomic E-state index is -4.73. The molecule has 6 rings (SSSR count). The number of alkyl halides is 3. The maximum atomic E-state index is 14.1. The van der Waals surface area contributed by atoms with E-state index in [9.17, 15) is 18.0 Å². The Bertz CT molecular complexity index is 1950. The summed E-state index contributed by atoms with van der Waals surface area (Å²) in [7, 11) is 0. The van der Waals surface area contributed by atoms with Crippen LogP contribution in [0.15, 0.2) is 78.9 Å². The minimum absolute atomic E-state index is 0.0863. The second kappa shape index (κ2) is 9.88. The molecule has 10 heteroatoms. The van der Waals surface area contributed by atoms with Crippen molar-refractivity contribution in [2.75, 3.05) is 5.32 Å². The van der Waals surface area contributed by atoms with Crippen molar-refractivity contribution < 1.29 is 18.0 Å². The second-order valence-corrected chi connectivity index (χ2v) is 9.97. The van der Waals surface area contributed by atoms with Gasteiger partial charge in [-0.25, -0.2) is 9.50 Å². The van der Waals surface area contributed by atoms with E-state index in [-0.39, 0.29) is 17.0 Å². The van der Waals surface area contributed by atoms with Crippen LogP contribution in [0.25, 0.3) is 27.7 Å². The van der Waals surface area contributed by atoms with Crippen LogP contribution in [-0.4, -0.2) is 30.3 Å². The van der Waals surface area contributed by atoms with Crippen LogP contribution >= 0.6 is 0 Å². The van der Waals surface area contributed by atoms with Gasteiger partial charge in [0.1, 0.15) is 0 Å². The first-order valence-electron chi connectivity index (χ1n) is 13.0. The van der Waals surface area contributed by atoms with E-state index in [0.29, 0.717) is 28.0 Å². The van der Waals surface area contributed by atoms with Crippen molar-refractivity contribution in [2.24, 2.45) is 0 Å². The fourth-order valence-corrected chi connectivity index (χ4v) is 4.94. The van der Waals surface area contributed by atoms with E-state index in [0.717, 1.165) is 33.7 Å². The van der Waals surface area contributed by atoms with Crippen LogP contribution in [0.1, 0.15) is 38.7 Å². The molecule has 0 fully saturated rings. The molecule has 0 saturated heterocycles. The molecule has 0 radical (unpaired) electrons.